The van der Waals surface area contributed by atoms with Crippen molar-refractivity contribution in [2.24, 2.45) is 5.92 Å². The van der Waals surface area contributed by atoms with Crippen LogP contribution in [0.15, 0.2) is 18.2 Å². The molecule has 74 valence electrons. The summed E-state index contributed by atoms with van der Waals surface area (Å²) in [6.07, 6.45) is 0.711. The predicted molar refractivity (Wildman–Crippen MR) is 52.7 cm³/mol. The molecule has 1 aromatic carbocycles. The van der Waals surface area contributed by atoms with Crippen molar-refractivity contribution < 1.29 is 9.18 Å². The Hall–Kier alpha value is -1.18. The van der Waals surface area contributed by atoms with E-state index in [1.54, 1.807) is 13.0 Å². The molecular weight excluding hydrogens is 179 g/mol. The third-order valence-corrected chi connectivity index (χ3v) is 3.22. The fourth-order valence-electron chi connectivity index (χ4n) is 2.07. The zero-order valence-corrected chi connectivity index (χ0v) is 8.38. The molecule has 2 atom stereocenters. The maximum absolute atomic E-state index is 13.2. The fraction of sp³-hybridized carbons (Fsp3) is 0.417. The summed E-state index contributed by atoms with van der Waals surface area (Å²) >= 11 is 0. The average molecular weight is 192 g/mol. The standard InChI is InChI=1S/C12H13FO/c1-7(8(2)14)10-6-11-9(10)4-3-5-12(11)13/h3-5,7,10H,6H2,1-2H3/t7?,10-/m0/s1. The molecule has 1 nitrogen and oxygen atoms in total. The van der Waals surface area contributed by atoms with E-state index >= 15 is 0 Å². The zero-order valence-electron chi connectivity index (χ0n) is 8.38. The second-order valence-electron chi connectivity index (χ2n) is 4.02. The van der Waals surface area contributed by atoms with Crippen LogP contribution in [0.4, 0.5) is 4.39 Å². The van der Waals surface area contributed by atoms with Gasteiger partial charge in [-0.3, -0.25) is 4.79 Å². The number of hydrogen-bond donors (Lipinski definition) is 0. The first kappa shape index (κ1) is 9.38. The van der Waals surface area contributed by atoms with E-state index in [9.17, 15) is 9.18 Å². The molecule has 14 heavy (non-hydrogen) atoms. The number of halogens is 1. The van der Waals surface area contributed by atoms with Crippen molar-refractivity contribution in [1.82, 2.24) is 0 Å². The summed E-state index contributed by atoms with van der Waals surface area (Å²) < 4.78 is 13.2. The van der Waals surface area contributed by atoms with Gasteiger partial charge in [-0.05, 0) is 36.5 Å². The molecule has 0 bridgehead atoms. The minimum Gasteiger partial charge on any atom is -0.300 e. The van der Waals surface area contributed by atoms with E-state index in [-0.39, 0.29) is 23.4 Å². The van der Waals surface area contributed by atoms with E-state index < -0.39 is 0 Å². The van der Waals surface area contributed by atoms with Crippen molar-refractivity contribution in [2.45, 2.75) is 26.2 Å². The van der Waals surface area contributed by atoms with Crippen LogP contribution in [-0.2, 0) is 11.2 Å². The van der Waals surface area contributed by atoms with Crippen molar-refractivity contribution in [1.29, 1.82) is 0 Å². The summed E-state index contributed by atoms with van der Waals surface area (Å²) in [5.41, 5.74) is 1.82. The first-order valence-corrected chi connectivity index (χ1v) is 4.89. The van der Waals surface area contributed by atoms with Crippen LogP contribution in [0, 0.1) is 11.7 Å². The number of Topliss-reactive ketones (excluding diaryl/α,β-unsaturated/α-hetero) is 1. The van der Waals surface area contributed by atoms with Crippen LogP contribution in [0.5, 0.6) is 0 Å². The molecule has 0 aromatic heterocycles. The number of hydrogen-bond acceptors (Lipinski definition) is 1. The second kappa shape index (κ2) is 3.19. The molecule has 0 radical (unpaired) electrons. The molecule has 1 aromatic rings. The number of carbonyl (C=O) groups excluding carboxylic acids is 1. The van der Waals surface area contributed by atoms with E-state index in [2.05, 4.69) is 0 Å². The lowest BCUT2D eigenvalue weighted by atomic mass is 9.70. The lowest BCUT2D eigenvalue weighted by Crippen LogP contribution is -2.28. The number of carbonyl (C=O) groups is 1. The Kier molecular flexibility index (Phi) is 2.14. The SMILES string of the molecule is CC(=O)C(C)[C@@H]1Cc2c(F)cccc21. The van der Waals surface area contributed by atoms with Crippen molar-refractivity contribution >= 4 is 5.78 Å². The predicted octanol–water partition coefficient (Wildman–Crippen LogP) is 2.69. The lowest BCUT2D eigenvalue weighted by Gasteiger charge is -2.33. The van der Waals surface area contributed by atoms with Gasteiger partial charge >= 0.3 is 0 Å². The minimum absolute atomic E-state index is 0.0179. The number of rotatable bonds is 2. The largest absolute Gasteiger partial charge is 0.300 e. The summed E-state index contributed by atoms with van der Waals surface area (Å²) in [6, 6.07) is 5.12. The number of ketones is 1. The Morgan fingerprint density at radius 3 is 2.93 bits per heavy atom. The molecular formula is C12H13FO. The molecule has 2 heteroatoms. The first-order chi connectivity index (χ1) is 6.61. The zero-order chi connectivity index (χ0) is 10.3. The summed E-state index contributed by atoms with van der Waals surface area (Å²) in [7, 11) is 0. The fourth-order valence-corrected chi connectivity index (χ4v) is 2.07. The van der Waals surface area contributed by atoms with Gasteiger partial charge in [-0.1, -0.05) is 19.1 Å². The van der Waals surface area contributed by atoms with E-state index in [0.717, 1.165) is 11.1 Å². The molecule has 2 rings (SSSR count). The van der Waals surface area contributed by atoms with Crippen molar-refractivity contribution in [3.05, 3.63) is 35.1 Å². The molecule has 0 heterocycles. The smallest absolute Gasteiger partial charge is 0.133 e. The highest BCUT2D eigenvalue weighted by atomic mass is 19.1. The van der Waals surface area contributed by atoms with Gasteiger partial charge in [0.05, 0.1) is 0 Å². The highest BCUT2D eigenvalue weighted by Gasteiger charge is 2.34. The Balaban J connectivity index is 2.28. The Morgan fingerprint density at radius 1 is 1.57 bits per heavy atom. The van der Waals surface area contributed by atoms with E-state index in [0.29, 0.717) is 6.42 Å². The molecule has 0 saturated carbocycles. The Labute approximate surface area is 82.9 Å². The summed E-state index contributed by atoms with van der Waals surface area (Å²) in [4.78, 5) is 11.2. The maximum Gasteiger partial charge on any atom is 0.133 e. The van der Waals surface area contributed by atoms with Crippen LogP contribution >= 0.6 is 0 Å². The minimum atomic E-state index is -0.130. The number of fused-ring (bicyclic) bond motifs is 1. The van der Waals surface area contributed by atoms with Gasteiger partial charge in [0.2, 0.25) is 0 Å². The van der Waals surface area contributed by atoms with Crippen molar-refractivity contribution in [2.75, 3.05) is 0 Å². The Bertz CT molecular complexity index is 384. The van der Waals surface area contributed by atoms with E-state index in [1.807, 2.05) is 13.0 Å². The highest BCUT2D eigenvalue weighted by molar-refractivity contribution is 5.79. The monoisotopic (exact) mass is 192 g/mol. The normalized spacial score (nSPS) is 20.9. The molecule has 1 aliphatic rings. The average Bonchev–Trinajstić information content (AvgIpc) is 2.08. The van der Waals surface area contributed by atoms with Crippen molar-refractivity contribution in [3.8, 4) is 0 Å². The molecule has 0 spiro atoms. The molecule has 1 unspecified atom stereocenters. The molecule has 1 aliphatic carbocycles. The van der Waals surface area contributed by atoms with Crippen LogP contribution < -0.4 is 0 Å². The van der Waals surface area contributed by atoms with Crippen LogP contribution in [0.25, 0.3) is 0 Å². The first-order valence-electron chi connectivity index (χ1n) is 4.89. The van der Waals surface area contributed by atoms with Gasteiger partial charge in [0.15, 0.2) is 0 Å². The second-order valence-corrected chi connectivity index (χ2v) is 4.02. The van der Waals surface area contributed by atoms with Gasteiger partial charge in [0.25, 0.3) is 0 Å². The number of benzene rings is 1. The quantitative estimate of drug-likeness (QED) is 0.704. The van der Waals surface area contributed by atoms with Gasteiger partial charge < -0.3 is 0 Å². The molecule has 0 fully saturated rings. The molecule has 0 aliphatic heterocycles. The van der Waals surface area contributed by atoms with Gasteiger partial charge in [0.1, 0.15) is 11.6 Å². The van der Waals surface area contributed by atoms with Gasteiger partial charge in [-0.15, -0.1) is 0 Å². The molecule has 0 amide bonds. The van der Waals surface area contributed by atoms with Crippen LogP contribution in [0.2, 0.25) is 0 Å². The van der Waals surface area contributed by atoms with Gasteiger partial charge in [-0.2, -0.15) is 0 Å². The van der Waals surface area contributed by atoms with Crippen LogP contribution in [-0.4, -0.2) is 5.78 Å². The van der Waals surface area contributed by atoms with Gasteiger partial charge in [-0.25, -0.2) is 4.39 Å². The topological polar surface area (TPSA) is 17.1 Å². The maximum atomic E-state index is 13.2. The third-order valence-electron chi connectivity index (χ3n) is 3.22. The van der Waals surface area contributed by atoms with E-state index in [4.69, 9.17) is 0 Å². The summed E-state index contributed by atoms with van der Waals surface area (Å²) in [5, 5.41) is 0. The Morgan fingerprint density at radius 2 is 2.29 bits per heavy atom. The lowest BCUT2D eigenvalue weighted by molar-refractivity contribution is -0.121. The molecule has 0 saturated heterocycles. The van der Waals surface area contributed by atoms with Gasteiger partial charge in [0, 0.05) is 5.92 Å². The van der Waals surface area contributed by atoms with E-state index in [1.165, 1.54) is 6.07 Å². The van der Waals surface area contributed by atoms with Crippen LogP contribution in [0.3, 0.4) is 0 Å². The molecule has 0 N–H and O–H groups in total. The highest BCUT2D eigenvalue weighted by Crippen LogP contribution is 2.41. The van der Waals surface area contributed by atoms with Crippen LogP contribution in [0.1, 0.15) is 30.9 Å². The van der Waals surface area contributed by atoms with Crippen molar-refractivity contribution in [3.63, 3.8) is 0 Å². The summed E-state index contributed by atoms with van der Waals surface area (Å²) in [6.45, 7) is 3.52. The third kappa shape index (κ3) is 1.26. The summed E-state index contributed by atoms with van der Waals surface area (Å²) in [5.74, 6) is 0.307.